The zero-order valence-corrected chi connectivity index (χ0v) is 23.7. The Morgan fingerprint density at radius 2 is 1.64 bits per heavy atom. The maximum absolute atomic E-state index is 12.9. The van der Waals surface area contributed by atoms with Crippen LogP contribution in [-0.4, -0.2) is 43.3 Å². The predicted molar refractivity (Wildman–Crippen MR) is 147 cm³/mol. The smallest absolute Gasteiger partial charge is 0.416 e. The number of nitrogens with one attached hydrogen (secondary N) is 1. The first kappa shape index (κ1) is 33.6. The van der Waals surface area contributed by atoms with Gasteiger partial charge in [-0.25, -0.2) is 4.79 Å². The second kappa shape index (κ2) is 14.6. The number of amides is 1. The molecule has 0 fully saturated rings. The summed E-state index contributed by atoms with van der Waals surface area (Å²) in [7, 11) is 2.68. The van der Waals surface area contributed by atoms with Crippen LogP contribution in [0, 0.1) is 16.7 Å². The van der Waals surface area contributed by atoms with Gasteiger partial charge in [-0.3, -0.25) is 10.2 Å². The van der Waals surface area contributed by atoms with Crippen LogP contribution in [0.25, 0.3) is 0 Å². The summed E-state index contributed by atoms with van der Waals surface area (Å²) in [5.74, 6) is -0.483. The van der Waals surface area contributed by atoms with Gasteiger partial charge in [0.25, 0.3) is 5.91 Å². The van der Waals surface area contributed by atoms with E-state index in [0.717, 1.165) is 29.0 Å². The fourth-order valence-electron chi connectivity index (χ4n) is 3.42. The molecular weight excluding hydrogens is 509 g/mol. The average Bonchev–Trinajstić information content (AvgIpc) is 2.91. The van der Waals surface area contributed by atoms with Crippen molar-refractivity contribution in [3.05, 3.63) is 83.6 Å². The molecule has 39 heavy (non-hydrogen) atoms. The van der Waals surface area contributed by atoms with E-state index in [-0.39, 0.29) is 12.1 Å². The van der Waals surface area contributed by atoms with Crippen LogP contribution < -0.4 is 0 Å². The molecule has 1 N–H and O–H groups in total. The lowest BCUT2D eigenvalue weighted by atomic mass is 9.81. The zero-order chi connectivity index (χ0) is 30.0. The molecule has 2 unspecified atom stereocenters. The second-order valence-electron chi connectivity index (χ2n) is 10.1. The highest BCUT2D eigenvalue weighted by Gasteiger charge is 2.31. The normalized spacial score (nSPS) is 12.9. The molecule has 0 heterocycles. The molecule has 0 bridgehead atoms. The van der Waals surface area contributed by atoms with Gasteiger partial charge >= 0.3 is 12.1 Å². The summed E-state index contributed by atoms with van der Waals surface area (Å²) in [6.07, 6.45) is -2.75. The summed E-state index contributed by atoms with van der Waals surface area (Å²) in [6, 6.07) is 10.4. The largest absolute Gasteiger partial charge is 0.465 e. The minimum atomic E-state index is -4.59. The van der Waals surface area contributed by atoms with Crippen LogP contribution in [-0.2, 0) is 20.4 Å². The maximum atomic E-state index is 12.9. The lowest BCUT2D eigenvalue weighted by molar-refractivity contribution is -0.137. The minimum Gasteiger partial charge on any atom is -0.465 e. The van der Waals surface area contributed by atoms with Gasteiger partial charge in [-0.2, -0.15) is 13.2 Å². The number of rotatable bonds is 9. The van der Waals surface area contributed by atoms with E-state index >= 15 is 0 Å². The molecule has 2 atom stereocenters. The van der Waals surface area contributed by atoms with E-state index in [1.54, 1.807) is 12.1 Å². The van der Waals surface area contributed by atoms with Crippen LogP contribution >= 0.6 is 0 Å². The van der Waals surface area contributed by atoms with E-state index in [4.69, 9.17) is 10.1 Å². The van der Waals surface area contributed by atoms with Crippen molar-refractivity contribution in [2.75, 3.05) is 20.8 Å². The molecule has 1 amide bonds. The summed E-state index contributed by atoms with van der Waals surface area (Å²) in [5.41, 5.74) is -0.239. The number of benzene rings is 2. The first-order valence-corrected chi connectivity index (χ1v) is 12.5. The quantitative estimate of drug-likeness (QED) is 0.263. The summed E-state index contributed by atoms with van der Waals surface area (Å²) in [4.78, 5) is 25.4. The summed E-state index contributed by atoms with van der Waals surface area (Å²) in [5, 5.41) is 8.07. The van der Waals surface area contributed by atoms with Crippen molar-refractivity contribution in [1.82, 2.24) is 4.90 Å². The van der Waals surface area contributed by atoms with Gasteiger partial charge in [0.1, 0.15) is 11.8 Å². The van der Waals surface area contributed by atoms with Crippen LogP contribution in [0.4, 0.5) is 13.2 Å². The molecule has 0 aliphatic rings. The van der Waals surface area contributed by atoms with Crippen molar-refractivity contribution in [2.45, 2.75) is 53.3 Å². The third-order valence-corrected chi connectivity index (χ3v) is 6.62. The van der Waals surface area contributed by atoms with Gasteiger partial charge in [0.05, 0.1) is 24.8 Å². The Hall–Kier alpha value is -3.46. The molecule has 0 saturated carbocycles. The van der Waals surface area contributed by atoms with Crippen molar-refractivity contribution >= 4 is 17.6 Å². The number of alkyl halides is 3. The van der Waals surface area contributed by atoms with Gasteiger partial charge in [-0.1, -0.05) is 71.9 Å². The van der Waals surface area contributed by atoms with E-state index in [2.05, 4.69) is 45.9 Å². The Bertz CT molecular complexity index is 1120. The number of carbonyl (C=O) groups is 2. The molecule has 2 aromatic rings. The average molecular weight is 549 g/mol. The Morgan fingerprint density at radius 3 is 2.05 bits per heavy atom. The molecule has 0 aliphatic carbocycles. The first-order valence-electron chi connectivity index (χ1n) is 12.5. The van der Waals surface area contributed by atoms with E-state index < -0.39 is 35.4 Å². The van der Waals surface area contributed by atoms with Gasteiger partial charge in [-0.05, 0) is 41.2 Å². The van der Waals surface area contributed by atoms with Gasteiger partial charge in [0.15, 0.2) is 0 Å². The summed E-state index contributed by atoms with van der Waals surface area (Å²) >= 11 is 0. The van der Waals surface area contributed by atoms with E-state index in [0.29, 0.717) is 16.5 Å². The SMILES string of the molecule is C=CN(CC(OC)c1ccc(C(=O)OC)cc1)C(=O)C(=N)c1cccc(C(F)(F)F)c1.CCC(C)C(C)(C)C. The maximum Gasteiger partial charge on any atom is 0.416 e. The predicted octanol–water partition coefficient (Wildman–Crippen LogP) is 7.30. The molecular formula is C30H39F3N2O4. The number of carbonyl (C=O) groups excluding carboxylic acids is 2. The van der Waals surface area contributed by atoms with Crippen LogP contribution in [0.3, 0.4) is 0 Å². The lowest BCUT2D eigenvalue weighted by Crippen LogP contribution is -2.36. The molecule has 2 rings (SSSR count). The van der Waals surface area contributed by atoms with Gasteiger partial charge in [0.2, 0.25) is 0 Å². The number of methoxy groups -OCH3 is 2. The number of nitrogens with zero attached hydrogens (tertiary/aromatic N) is 1. The molecule has 6 nitrogen and oxygen atoms in total. The lowest BCUT2D eigenvalue weighted by Gasteiger charge is -2.25. The molecule has 9 heteroatoms. The van der Waals surface area contributed by atoms with Crippen LogP contribution in [0.5, 0.6) is 0 Å². The van der Waals surface area contributed by atoms with E-state index in [1.807, 2.05) is 0 Å². The van der Waals surface area contributed by atoms with Gasteiger partial charge < -0.3 is 14.4 Å². The number of ether oxygens (including phenoxy) is 2. The monoisotopic (exact) mass is 548 g/mol. The molecule has 0 spiro atoms. The molecule has 0 saturated heterocycles. The van der Waals surface area contributed by atoms with Gasteiger partial charge in [-0.15, -0.1) is 0 Å². The number of hydrogen-bond donors (Lipinski definition) is 1. The molecule has 0 aliphatic heterocycles. The Morgan fingerprint density at radius 1 is 1.05 bits per heavy atom. The van der Waals surface area contributed by atoms with Crippen LogP contribution in [0.1, 0.15) is 74.2 Å². The molecule has 0 aromatic heterocycles. The number of halogens is 3. The minimum absolute atomic E-state index is 0.0439. The van der Waals surface area contributed by atoms with Crippen molar-refractivity contribution in [1.29, 1.82) is 5.41 Å². The van der Waals surface area contributed by atoms with Crippen LogP contribution in [0.15, 0.2) is 61.3 Å². The highest BCUT2D eigenvalue weighted by atomic mass is 19.4. The highest BCUT2D eigenvalue weighted by molar-refractivity contribution is 6.44. The Labute approximate surface area is 229 Å². The first-order chi connectivity index (χ1) is 18.1. The topological polar surface area (TPSA) is 79.7 Å². The summed E-state index contributed by atoms with van der Waals surface area (Å²) in [6.45, 7) is 14.9. The molecule has 214 valence electrons. The third kappa shape index (κ3) is 9.98. The number of esters is 1. The van der Waals surface area contributed by atoms with Crippen molar-refractivity contribution in [3.8, 4) is 0 Å². The molecule has 2 aromatic carbocycles. The van der Waals surface area contributed by atoms with Crippen molar-refractivity contribution in [3.63, 3.8) is 0 Å². The highest BCUT2D eigenvalue weighted by Crippen LogP contribution is 2.30. The van der Waals surface area contributed by atoms with E-state index in [1.165, 1.54) is 45.0 Å². The zero-order valence-electron chi connectivity index (χ0n) is 23.7. The number of hydrogen-bond acceptors (Lipinski definition) is 5. The molecule has 0 radical (unpaired) electrons. The second-order valence-corrected chi connectivity index (χ2v) is 10.1. The van der Waals surface area contributed by atoms with Crippen molar-refractivity contribution in [2.24, 2.45) is 11.3 Å². The Kier molecular flexibility index (Phi) is 12.6. The standard InChI is InChI=1S/C22H21F3N2O4.C8H18/c1-4-27(13-18(30-2)14-8-10-15(11-9-14)21(29)31-3)20(28)19(26)16-6-5-7-17(12-16)22(23,24)25;1-6-7(2)8(3,4)5/h4-12,18,26H,1,13H2,2-3H3;7H,6H2,1-5H3. The van der Waals surface area contributed by atoms with Crippen LogP contribution in [0.2, 0.25) is 0 Å². The van der Waals surface area contributed by atoms with Gasteiger partial charge in [0, 0.05) is 18.9 Å². The van der Waals surface area contributed by atoms with E-state index in [9.17, 15) is 22.8 Å². The third-order valence-electron chi connectivity index (χ3n) is 6.62. The van der Waals surface area contributed by atoms with Crippen molar-refractivity contribution < 1.29 is 32.2 Å². The fraction of sp³-hybridized carbons (Fsp3) is 0.433. The fourth-order valence-corrected chi connectivity index (χ4v) is 3.42. The summed E-state index contributed by atoms with van der Waals surface area (Å²) < 4.78 is 48.9. The Balaban J connectivity index is 0.000000824.